The van der Waals surface area contributed by atoms with E-state index in [4.69, 9.17) is 5.84 Å². The molecule has 0 bridgehead atoms. The molecule has 3 N–H and O–H groups in total. The lowest BCUT2D eigenvalue weighted by Gasteiger charge is -2.21. The average Bonchev–Trinajstić information content (AvgIpc) is 2.40. The fourth-order valence-corrected chi connectivity index (χ4v) is 2.23. The van der Waals surface area contributed by atoms with Gasteiger partial charge in [0, 0.05) is 5.56 Å². The van der Waals surface area contributed by atoms with E-state index in [1.165, 1.54) is 30.3 Å². The number of hydrogen-bond acceptors (Lipinski definition) is 2. The van der Waals surface area contributed by atoms with Crippen molar-refractivity contribution < 1.29 is 13.2 Å². The molecule has 20 heavy (non-hydrogen) atoms. The molecule has 1 unspecified atom stereocenters. The topological polar surface area (TPSA) is 38.0 Å². The second-order valence-electron chi connectivity index (χ2n) is 4.69. The molecule has 0 aromatic heterocycles. The highest BCUT2D eigenvalue weighted by Crippen LogP contribution is 2.30. The van der Waals surface area contributed by atoms with Crippen molar-refractivity contribution in [1.29, 1.82) is 0 Å². The summed E-state index contributed by atoms with van der Waals surface area (Å²) in [5.41, 5.74) is 3.65. The largest absolute Gasteiger partial charge is 0.271 e. The first-order chi connectivity index (χ1) is 9.45. The van der Waals surface area contributed by atoms with E-state index in [2.05, 4.69) is 5.43 Å². The number of aryl methyl sites for hydroxylation is 2. The van der Waals surface area contributed by atoms with Crippen LogP contribution in [0.2, 0.25) is 0 Å². The normalized spacial score (nSPS) is 12.5. The fraction of sp³-hybridized carbons (Fsp3) is 0.200. The van der Waals surface area contributed by atoms with E-state index in [-0.39, 0.29) is 5.56 Å². The van der Waals surface area contributed by atoms with Crippen molar-refractivity contribution in [1.82, 2.24) is 5.43 Å². The maximum atomic E-state index is 14.2. The predicted octanol–water partition coefficient (Wildman–Crippen LogP) is 3.27. The molecule has 0 radical (unpaired) electrons. The molecule has 0 saturated carbocycles. The molecule has 5 heteroatoms. The van der Waals surface area contributed by atoms with Gasteiger partial charge in [-0.25, -0.2) is 18.6 Å². The zero-order chi connectivity index (χ0) is 14.9. The summed E-state index contributed by atoms with van der Waals surface area (Å²) < 4.78 is 41.3. The number of rotatable bonds is 3. The van der Waals surface area contributed by atoms with Crippen molar-refractivity contribution in [2.24, 2.45) is 5.84 Å². The van der Waals surface area contributed by atoms with Gasteiger partial charge in [-0.15, -0.1) is 0 Å². The van der Waals surface area contributed by atoms with Crippen LogP contribution in [-0.4, -0.2) is 0 Å². The highest BCUT2D eigenvalue weighted by Gasteiger charge is 2.23. The van der Waals surface area contributed by atoms with Gasteiger partial charge in [0.1, 0.15) is 17.5 Å². The molecule has 1 atom stereocenters. The summed E-state index contributed by atoms with van der Waals surface area (Å²) in [7, 11) is 0. The van der Waals surface area contributed by atoms with Gasteiger partial charge in [0.05, 0.1) is 6.04 Å². The zero-order valence-electron chi connectivity index (χ0n) is 11.2. The first kappa shape index (κ1) is 14.6. The molecule has 0 aliphatic rings. The minimum absolute atomic E-state index is 0.165. The Hall–Kier alpha value is -1.85. The minimum Gasteiger partial charge on any atom is -0.271 e. The molecule has 0 amide bonds. The summed E-state index contributed by atoms with van der Waals surface area (Å²) >= 11 is 0. The molecular formula is C15H15F3N2. The van der Waals surface area contributed by atoms with E-state index in [1.807, 2.05) is 0 Å². The standard InChI is InChI=1S/C15H15F3N2/c1-8-3-6-12(17)13(14(8)18)15(20-19)11-5-4-10(16)7-9(11)2/h3-7,15,20H,19H2,1-2H3. The van der Waals surface area contributed by atoms with Crippen LogP contribution in [0.15, 0.2) is 30.3 Å². The number of nitrogens with one attached hydrogen (secondary N) is 1. The van der Waals surface area contributed by atoms with Gasteiger partial charge in [0.15, 0.2) is 0 Å². The average molecular weight is 280 g/mol. The molecule has 0 aliphatic carbocycles. The van der Waals surface area contributed by atoms with Gasteiger partial charge < -0.3 is 0 Å². The van der Waals surface area contributed by atoms with E-state index in [0.29, 0.717) is 16.7 Å². The van der Waals surface area contributed by atoms with E-state index >= 15 is 0 Å². The summed E-state index contributed by atoms with van der Waals surface area (Å²) in [4.78, 5) is 0. The lowest BCUT2D eigenvalue weighted by molar-refractivity contribution is 0.505. The zero-order valence-corrected chi connectivity index (χ0v) is 11.2. The minimum atomic E-state index is -0.879. The maximum Gasteiger partial charge on any atom is 0.134 e. The van der Waals surface area contributed by atoms with Crippen molar-refractivity contribution >= 4 is 0 Å². The van der Waals surface area contributed by atoms with Gasteiger partial charge in [-0.1, -0.05) is 12.1 Å². The van der Waals surface area contributed by atoms with Gasteiger partial charge in [0.25, 0.3) is 0 Å². The highest BCUT2D eigenvalue weighted by molar-refractivity contribution is 5.40. The fourth-order valence-electron chi connectivity index (χ4n) is 2.23. The van der Waals surface area contributed by atoms with Gasteiger partial charge >= 0.3 is 0 Å². The third-order valence-electron chi connectivity index (χ3n) is 3.32. The predicted molar refractivity (Wildman–Crippen MR) is 71.4 cm³/mol. The van der Waals surface area contributed by atoms with E-state index < -0.39 is 23.5 Å². The molecule has 2 rings (SSSR count). The number of benzene rings is 2. The third kappa shape index (κ3) is 2.55. The number of hydrazine groups is 1. The van der Waals surface area contributed by atoms with Gasteiger partial charge in [-0.05, 0) is 48.7 Å². The third-order valence-corrected chi connectivity index (χ3v) is 3.32. The Morgan fingerprint density at radius 1 is 1.00 bits per heavy atom. The summed E-state index contributed by atoms with van der Waals surface area (Å²) in [5, 5.41) is 0. The van der Waals surface area contributed by atoms with Crippen molar-refractivity contribution in [3.05, 3.63) is 70.0 Å². The summed E-state index contributed by atoms with van der Waals surface area (Å²) in [6.45, 7) is 3.21. The SMILES string of the molecule is Cc1cc(F)ccc1C(NN)c1c(F)ccc(C)c1F. The van der Waals surface area contributed by atoms with Crippen LogP contribution in [0.1, 0.15) is 28.3 Å². The van der Waals surface area contributed by atoms with Crippen molar-refractivity contribution in [3.63, 3.8) is 0 Å². The number of nitrogens with two attached hydrogens (primary N) is 1. The Kier molecular flexibility index (Phi) is 4.11. The van der Waals surface area contributed by atoms with Crippen LogP contribution in [0, 0.1) is 31.3 Å². The van der Waals surface area contributed by atoms with Crippen LogP contribution in [0.25, 0.3) is 0 Å². The Morgan fingerprint density at radius 3 is 2.30 bits per heavy atom. The molecule has 0 spiro atoms. The summed E-state index contributed by atoms with van der Waals surface area (Å²) in [6, 6.07) is 5.67. The van der Waals surface area contributed by atoms with E-state index in [1.54, 1.807) is 13.8 Å². The Bertz CT molecular complexity index is 641. The summed E-state index contributed by atoms with van der Waals surface area (Å²) in [5.74, 6) is 3.69. The Labute approximate surface area is 115 Å². The molecule has 0 heterocycles. The second-order valence-corrected chi connectivity index (χ2v) is 4.69. The molecule has 106 valence electrons. The number of hydrogen-bond donors (Lipinski definition) is 2. The second kappa shape index (κ2) is 5.64. The van der Waals surface area contributed by atoms with E-state index in [0.717, 1.165) is 0 Å². The lowest BCUT2D eigenvalue weighted by atomic mass is 9.93. The highest BCUT2D eigenvalue weighted by atomic mass is 19.1. The van der Waals surface area contributed by atoms with Gasteiger partial charge in [-0.3, -0.25) is 5.84 Å². The van der Waals surface area contributed by atoms with Crippen LogP contribution in [0.4, 0.5) is 13.2 Å². The molecule has 2 aromatic rings. The summed E-state index contributed by atoms with van der Waals surface area (Å²) in [6.07, 6.45) is 0. The molecule has 0 saturated heterocycles. The van der Waals surface area contributed by atoms with Crippen LogP contribution >= 0.6 is 0 Å². The first-order valence-corrected chi connectivity index (χ1v) is 6.12. The first-order valence-electron chi connectivity index (χ1n) is 6.12. The smallest absolute Gasteiger partial charge is 0.134 e. The maximum absolute atomic E-state index is 14.2. The molecular weight excluding hydrogens is 265 g/mol. The van der Waals surface area contributed by atoms with Crippen molar-refractivity contribution in [3.8, 4) is 0 Å². The lowest BCUT2D eigenvalue weighted by Crippen LogP contribution is -2.31. The van der Waals surface area contributed by atoms with Crippen LogP contribution < -0.4 is 11.3 Å². The van der Waals surface area contributed by atoms with Crippen LogP contribution in [-0.2, 0) is 0 Å². The number of halogens is 3. The molecule has 2 nitrogen and oxygen atoms in total. The van der Waals surface area contributed by atoms with Gasteiger partial charge in [0.2, 0.25) is 0 Å². The van der Waals surface area contributed by atoms with Crippen molar-refractivity contribution in [2.45, 2.75) is 19.9 Å². The molecule has 2 aromatic carbocycles. The molecule has 0 aliphatic heterocycles. The quantitative estimate of drug-likeness (QED) is 0.669. The van der Waals surface area contributed by atoms with Gasteiger partial charge in [-0.2, -0.15) is 0 Å². The van der Waals surface area contributed by atoms with Crippen LogP contribution in [0.5, 0.6) is 0 Å². The van der Waals surface area contributed by atoms with Crippen molar-refractivity contribution in [2.75, 3.05) is 0 Å². The Balaban J connectivity index is 2.61. The van der Waals surface area contributed by atoms with E-state index in [9.17, 15) is 13.2 Å². The molecule has 0 fully saturated rings. The van der Waals surface area contributed by atoms with Crippen LogP contribution in [0.3, 0.4) is 0 Å². The monoisotopic (exact) mass is 280 g/mol. The Morgan fingerprint density at radius 2 is 1.70 bits per heavy atom.